The Morgan fingerprint density at radius 3 is 2.86 bits per heavy atom. The zero-order valence-electron chi connectivity index (χ0n) is 8.43. The van der Waals surface area contributed by atoms with E-state index in [9.17, 15) is 0 Å². The Morgan fingerprint density at radius 2 is 2.21 bits per heavy atom. The third-order valence-electron chi connectivity index (χ3n) is 1.97. The first-order chi connectivity index (χ1) is 6.65. The number of aryl methyl sites for hydroxylation is 1. The summed E-state index contributed by atoms with van der Waals surface area (Å²) in [4.78, 5) is 0. The monoisotopic (exact) mass is 230 g/mol. The molecule has 2 nitrogen and oxygen atoms in total. The van der Waals surface area contributed by atoms with Gasteiger partial charge in [0, 0.05) is 18.0 Å². The number of halogens is 1. The van der Waals surface area contributed by atoms with E-state index in [0.29, 0.717) is 10.7 Å². The largest absolute Gasteiger partial charge is 0.398 e. The Hall–Kier alpha value is -0.540. The van der Waals surface area contributed by atoms with Gasteiger partial charge in [0.2, 0.25) is 0 Å². The van der Waals surface area contributed by atoms with Crippen LogP contribution in [-0.2, 0) is 0 Å². The highest BCUT2D eigenvalue weighted by Gasteiger charge is 2.02. The van der Waals surface area contributed by atoms with Crippen LogP contribution < -0.4 is 11.1 Å². The van der Waals surface area contributed by atoms with Crippen molar-refractivity contribution < 1.29 is 0 Å². The van der Waals surface area contributed by atoms with Crippen molar-refractivity contribution in [1.29, 1.82) is 0 Å². The van der Waals surface area contributed by atoms with Gasteiger partial charge in [-0.05, 0) is 30.9 Å². The standard InChI is InChI=1S/C10H15ClN2S/c1-7-5-9(12)8(11)6-10(7)13-3-4-14-2/h5-6,13H,3-4,12H2,1-2H3. The second kappa shape index (κ2) is 5.37. The average molecular weight is 231 g/mol. The van der Waals surface area contributed by atoms with Crippen molar-refractivity contribution in [2.24, 2.45) is 0 Å². The van der Waals surface area contributed by atoms with Crippen LogP contribution in [0.1, 0.15) is 5.56 Å². The Morgan fingerprint density at radius 1 is 1.50 bits per heavy atom. The Kier molecular flexibility index (Phi) is 4.42. The number of thioether (sulfide) groups is 1. The first-order valence-corrected chi connectivity index (χ1v) is 6.20. The minimum Gasteiger partial charge on any atom is -0.398 e. The van der Waals surface area contributed by atoms with Gasteiger partial charge in [0.1, 0.15) is 0 Å². The van der Waals surface area contributed by atoms with Crippen molar-refractivity contribution in [1.82, 2.24) is 0 Å². The van der Waals surface area contributed by atoms with Crippen LogP contribution in [-0.4, -0.2) is 18.6 Å². The fraction of sp³-hybridized carbons (Fsp3) is 0.400. The number of nitrogens with one attached hydrogen (secondary N) is 1. The number of benzene rings is 1. The number of hydrogen-bond donors (Lipinski definition) is 2. The maximum absolute atomic E-state index is 5.93. The second-order valence-corrected chi connectivity index (χ2v) is 4.50. The maximum Gasteiger partial charge on any atom is 0.0656 e. The van der Waals surface area contributed by atoms with Crippen LogP contribution >= 0.6 is 23.4 Å². The smallest absolute Gasteiger partial charge is 0.0656 e. The van der Waals surface area contributed by atoms with Gasteiger partial charge in [0.25, 0.3) is 0 Å². The molecule has 0 bridgehead atoms. The lowest BCUT2D eigenvalue weighted by molar-refractivity contribution is 1.22. The molecule has 78 valence electrons. The van der Waals surface area contributed by atoms with Gasteiger partial charge in [-0.15, -0.1) is 0 Å². The van der Waals surface area contributed by atoms with E-state index in [-0.39, 0.29) is 0 Å². The molecule has 0 atom stereocenters. The highest BCUT2D eigenvalue weighted by molar-refractivity contribution is 7.98. The predicted molar refractivity (Wildman–Crippen MR) is 67.5 cm³/mol. The molecule has 0 fully saturated rings. The summed E-state index contributed by atoms with van der Waals surface area (Å²) in [5.41, 5.74) is 8.52. The molecule has 0 spiro atoms. The molecule has 0 saturated heterocycles. The lowest BCUT2D eigenvalue weighted by atomic mass is 10.2. The van der Waals surface area contributed by atoms with Gasteiger partial charge in [-0.2, -0.15) is 11.8 Å². The summed E-state index contributed by atoms with van der Waals surface area (Å²) in [6.45, 7) is 2.97. The van der Waals surface area contributed by atoms with Crippen LogP contribution in [0.25, 0.3) is 0 Å². The molecule has 0 aliphatic heterocycles. The molecule has 0 aliphatic rings. The van der Waals surface area contributed by atoms with Gasteiger partial charge in [0.05, 0.1) is 10.7 Å². The van der Waals surface area contributed by atoms with E-state index < -0.39 is 0 Å². The van der Waals surface area contributed by atoms with Crippen molar-refractivity contribution in [3.8, 4) is 0 Å². The number of rotatable bonds is 4. The maximum atomic E-state index is 5.93. The van der Waals surface area contributed by atoms with E-state index >= 15 is 0 Å². The normalized spacial score (nSPS) is 10.2. The molecule has 1 rings (SSSR count). The zero-order valence-corrected chi connectivity index (χ0v) is 10.0. The molecule has 1 aromatic rings. The Bertz CT molecular complexity index is 315. The van der Waals surface area contributed by atoms with Crippen molar-refractivity contribution in [2.45, 2.75) is 6.92 Å². The summed E-state index contributed by atoms with van der Waals surface area (Å²) in [6, 6.07) is 3.77. The molecule has 4 heteroatoms. The minimum atomic E-state index is 0.613. The summed E-state index contributed by atoms with van der Waals surface area (Å²) < 4.78 is 0. The molecule has 0 saturated carbocycles. The van der Waals surface area contributed by atoms with Gasteiger partial charge >= 0.3 is 0 Å². The molecule has 0 amide bonds. The van der Waals surface area contributed by atoms with Crippen molar-refractivity contribution in [3.63, 3.8) is 0 Å². The van der Waals surface area contributed by atoms with E-state index in [1.54, 1.807) is 0 Å². The third-order valence-corrected chi connectivity index (χ3v) is 2.91. The quantitative estimate of drug-likeness (QED) is 0.617. The minimum absolute atomic E-state index is 0.613. The molecule has 0 radical (unpaired) electrons. The number of nitrogen functional groups attached to an aromatic ring is 1. The van der Waals surface area contributed by atoms with Gasteiger partial charge < -0.3 is 11.1 Å². The van der Waals surface area contributed by atoms with Gasteiger partial charge in [-0.1, -0.05) is 11.6 Å². The summed E-state index contributed by atoms with van der Waals surface area (Å²) in [6.07, 6.45) is 2.09. The molecule has 0 aromatic heterocycles. The van der Waals surface area contributed by atoms with E-state index in [2.05, 4.69) is 11.6 Å². The number of nitrogens with two attached hydrogens (primary N) is 1. The topological polar surface area (TPSA) is 38.0 Å². The van der Waals surface area contributed by atoms with Crippen LogP contribution in [0.15, 0.2) is 12.1 Å². The van der Waals surface area contributed by atoms with Crippen LogP contribution in [0, 0.1) is 6.92 Å². The number of hydrogen-bond acceptors (Lipinski definition) is 3. The van der Waals surface area contributed by atoms with E-state index in [4.69, 9.17) is 17.3 Å². The second-order valence-electron chi connectivity index (χ2n) is 3.11. The van der Waals surface area contributed by atoms with E-state index in [1.165, 1.54) is 0 Å². The SMILES string of the molecule is CSCCNc1cc(Cl)c(N)cc1C. The Balaban J connectivity index is 2.72. The van der Waals surface area contributed by atoms with Gasteiger partial charge in [-0.25, -0.2) is 0 Å². The highest BCUT2D eigenvalue weighted by atomic mass is 35.5. The van der Waals surface area contributed by atoms with Gasteiger partial charge in [-0.3, -0.25) is 0 Å². The molecule has 0 aliphatic carbocycles. The molecule has 1 aromatic carbocycles. The van der Waals surface area contributed by atoms with Crippen molar-refractivity contribution >= 4 is 34.7 Å². The van der Waals surface area contributed by atoms with Crippen LogP contribution in [0.4, 0.5) is 11.4 Å². The summed E-state index contributed by atoms with van der Waals surface area (Å²) in [5, 5.41) is 3.93. The molecular formula is C10H15ClN2S. The summed E-state index contributed by atoms with van der Waals surface area (Å²) in [7, 11) is 0. The molecular weight excluding hydrogens is 216 g/mol. The lowest BCUT2D eigenvalue weighted by Crippen LogP contribution is -2.05. The average Bonchev–Trinajstić information content (AvgIpc) is 2.14. The van der Waals surface area contributed by atoms with E-state index in [0.717, 1.165) is 23.5 Å². The molecule has 3 N–H and O–H groups in total. The first kappa shape index (κ1) is 11.5. The van der Waals surface area contributed by atoms with Crippen molar-refractivity contribution in [2.75, 3.05) is 29.6 Å². The predicted octanol–water partition coefficient (Wildman–Crippen LogP) is 3.01. The van der Waals surface area contributed by atoms with Crippen molar-refractivity contribution in [3.05, 3.63) is 22.7 Å². The molecule has 0 heterocycles. The highest BCUT2D eigenvalue weighted by Crippen LogP contribution is 2.26. The van der Waals surface area contributed by atoms with Crippen LogP contribution in [0.3, 0.4) is 0 Å². The third kappa shape index (κ3) is 3.00. The van der Waals surface area contributed by atoms with Gasteiger partial charge in [0.15, 0.2) is 0 Å². The van der Waals surface area contributed by atoms with E-state index in [1.807, 2.05) is 30.8 Å². The number of anilines is 2. The fourth-order valence-corrected chi connectivity index (χ4v) is 1.65. The van der Waals surface area contributed by atoms with Crippen LogP contribution in [0.5, 0.6) is 0 Å². The molecule has 0 unspecified atom stereocenters. The summed E-state index contributed by atoms with van der Waals surface area (Å²) >= 11 is 7.74. The van der Waals surface area contributed by atoms with Crippen LogP contribution in [0.2, 0.25) is 5.02 Å². The lowest BCUT2D eigenvalue weighted by Gasteiger charge is -2.10. The molecule has 14 heavy (non-hydrogen) atoms. The fourth-order valence-electron chi connectivity index (χ4n) is 1.18. The zero-order chi connectivity index (χ0) is 10.6. The Labute approximate surface area is 94.2 Å². The summed E-state index contributed by atoms with van der Waals surface area (Å²) in [5.74, 6) is 1.08. The first-order valence-electron chi connectivity index (χ1n) is 4.43.